The lowest BCUT2D eigenvalue weighted by atomic mass is 10.1. The van der Waals surface area contributed by atoms with Crippen LogP contribution in [0.2, 0.25) is 0 Å². The van der Waals surface area contributed by atoms with Gasteiger partial charge in [0.15, 0.2) is 5.78 Å². The molecule has 1 unspecified atom stereocenters. The van der Waals surface area contributed by atoms with Crippen LogP contribution < -0.4 is 10.2 Å². The van der Waals surface area contributed by atoms with Crippen molar-refractivity contribution in [1.29, 1.82) is 0 Å². The van der Waals surface area contributed by atoms with Crippen molar-refractivity contribution in [3.63, 3.8) is 0 Å². The van der Waals surface area contributed by atoms with Gasteiger partial charge in [-0.15, -0.1) is 0 Å². The van der Waals surface area contributed by atoms with Crippen molar-refractivity contribution < 1.29 is 14.7 Å². The highest BCUT2D eigenvalue weighted by Crippen LogP contribution is 2.27. The smallest absolute Gasteiger partial charge is 0.241 e. The van der Waals surface area contributed by atoms with Crippen molar-refractivity contribution in [2.75, 3.05) is 36.4 Å². The van der Waals surface area contributed by atoms with Crippen LogP contribution in [0.5, 0.6) is 5.75 Å². The molecular weight excluding hydrogens is 342 g/mol. The van der Waals surface area contributed by atoms with E-state index in [1.165, 1.54) is 6.92 Å². The van der Waals surface area contributed by atoms with E-state index in [4.69, 9.17) is 0 Å². The fraction of sp³-hybridized carbons (Fsp3) is 0.333. The highest BCUT2D eigenvalue weighted by atomic mass is 16.3. The van der Waals surface area contributed by atoms with Crippen molar-refractivity contribution in [2.24, 2.45) is 0 Å². The van der Waals surface area contributed by atoms with E-state index < -0.39 is 0 Å². The number of benzene rings is 2. The molecule has 27 heavy (non-hydrogen) atoms. The number of piperazine rings is 1. The average Bonchev–Trinajstić information content (AvgIpc) is 2.68. The Morgan fingerprint density at radius 1 is 1.00 bits per heavy atom. The number of phenolic OH excluding ortho intramolecular Hbond substituents is 1. The summed E-state index contributed by atoms with van der Waals surface area (Å²) in [5.41, 5.74) is 2.14. The number of phenols is 1. The second kappa shape index (κ2) is 8.22. The molecule has 0 saturated carbocycles. The topological polar surface area (TPSA) is 72.9 Å². The number of rotatable bonds is 5. The molecule has 0 radical (unpaired) electrons. The molecule has 0 spiro atoms. The van der Waals surface area contributed by atoms with Crippen LogP contribution in [0.25, 0.3) is 0 Å². The SMILES string of the molecule is CC(=O)c1ccc(NC(=O)C(C)N2CCN(c3ccccc3O)CC2)cc1. The summed E-state index contributed by atoms with van der Waals surface area (Å²) in [7, 11) is 0. The summed E-state index contributed by atoms with van der Waals surface area (Å²) < 4.78 is 0. The number of aromatic hydroxyl groups is 1. The van der Waals surface area contributed by atoms with Crippen LogP contribution in [-0.4, -0.2) is 53.9 Å². The molecule has 1 aliphatic rings. The third-order valence-corrected chi connectivity index (χ3v) is 5.02. The Labute approximate surface area is 159 Å². The lowest BCUT2D eigenvalue weighted by Crippen LogP contribution is -2.52. The van der Waals surface area contributed by atoms with Gasteiger partial charge in [0.1, 0.15) is 5.75 Å². The summed E-state index contributed by atoms with van der Waals surface area (Å²) in [5.74, 6) is 0.218. The Morgan fingerprint density at radius 2 is 1.63 bits per heavy atom. The monoisotopic (exact) mass is 367 g/mol. The van der Waals surface area contributed by atoms with Crippen LogP contribution in [0.1, 0.15) is 24.2 Å². The van der Waals surface area contributed by atoms with Gasteiger partial charge in [0.2, 0.25) is 5.91 Å². The predicted octanol–water partition coefficient (Wildman–Crippen LogP) is 2.74. The van der Waals surface area contributed by atoms with Crippen molar-refractivity contribution in [3.05, 3.63) is 54.1 Å². The minimum absolute atomic E-state index is 0.00330. The molecule has 2 aromatic rings. The average molecular weight is 367 g/mol. The molecule has 1 atom stereocenters. The molecule has 1 amide bonds. The molecule has 0 aliphatic carbocycles. The Balaban J connectivity index is 1.55. The van der Waals surface area contributed by atoms with Crippen LogP contribution in [0, 0.1) is 0 Å². The Morgan fingerprint density at radius 3 is 2.22 bits per heavy atom. The molecule has 2 aromatic carbocycles. The summed E-state index contributed by atoms with van der Waals surface area (Å²) in [6.07, 6.45) is 0. The molecular formula is C21H25N3O3. The Bertz CT molecular complexity index is 812. The second-order valence-corrected chi connectivity index (χ2v) is 6.81. The van der Waals surface area contributed by atoms with Crippen molar-refractivity contribution >= 4 is 23.1 Å². The van der Waals surface area contributed by atoms with Gasteiger partial charge in [0.05, 0.1) is 11.7 Å². The standard InChI is InChI=1S/C21H25N3O3/c1-15(21(27)22-18-9-7-17(8-10-18)16(2)25)23-11-13-24(14-12-23)19-5-3-4-6-20(19)26/h3-10,15,26H,11-14H2,1-2H3,(H,22,27). The van der Waals surface area contributed by atoms with Crippen LogP contribution in [0.4, 0.5) is 11.4 Å². The predicted molar refractivity (Wildman–Crippen MR) is 106 cm³/mol. The van der Waals surface area contributed by atoms with Gasteiger partial charge in [0.25, 0.3) is 0 Å². The molecule has 0 bridgehead atoms. The normalized spacial score (nSPS) is 16.0. The number of ketones is 1. The maximum absolute atomic E-state index is 12.6. The molecule has 3 rings (SSSR count). The van der Waals surface area contributed by atoms with Gasteiger partial charge in [-0.1, -0.05) is 12.1 Å². The molecule has 142 valence electrons. The fourth-order valence-corrected chi connectivity index (χ4v) is 3.28. The third-order valence-electron chi connectivity index (χ3n) is 5.02. The van der Waals surface area contributed by atoms with E-state index in [1.54, 1.807) is 30.3 Å². The zero-order chi connectivity index (χ0) is 19.4. The number of carbonyl (C=O) groups is 2. The highest BCUT2D eigenvalue weighted by molar-refractivity contribution is 5.97. The minimum atomic E-state index is -0.260. The number of anilines is 2. The van der Waals surface area contributed by atoms with E-state index in [0.717, 1.165) is 31.9 Å². The first kappa shape index (κ1) is 18.9. The number of carbonyl (C=O) groups excluding carboxylic acids is 2. The summed E-state index contributed by atoms with van der Waals surface area (Å²) in [6.45, 7) is 6.41. The van der Waals surface area contributed by atoms with Crippen molar-refractivity contribution in [1.82, 2.24) is 4.90 Å². The largest absolute Gasteiger partial charge is 0.506 e. The molecule has 1 heterocycles. The first-order valence-electron chi connectivity index (χ1n) is 9.14. The van der Waals surface area contributed by atoms with E-state index in [-0.39, 0.29) is 23.5 Å². The second-order valence-electron chi connectivity index (χ2n) is 6.81. The lowest BCUT2D eigenvalue weighted by molar-refractivity contribution is -0.120. The van der Waals surface area contributed by atoms with E-state index in [0.29, 0.717) is 11.3 Å². The zero-order valence-corrected chi connectivity index (χ0v) is 15.7. The maximum Gasteiger partial charge on any atom is 0.241 e. The van der Waals surface area contributed by atoms with E-state index in [9.17, 15) is 14.7 Å². The summed E-state index contributed by atoms with van der Waals surface area (Å²) >= 11 is 0. The van der Waals surface area contributed by atoms with Crippen molar-refractivity contribution in [2.45, 2.75) is 19.9 Å². The summed E-state index contributed by atoms with van der Waals surface area (Å²) in [6, 6.07) is 14.0. The zero-order valence-electron chi connectivity index (χ0n) is 15.7. The molecule has 1 fully saturated rings. The Kier molecular flexibility index (Phi) is 5.76. The molecule has 2 N–H and O–H groups in total. The Hall–Kier alpha value is -2.86. The van der Waals surface area contributed by atoms with Crippen LogP contribution in [0.15, 0.2) is 48.5 Å². The lowest BCUT2D eigenvalue weighted by Gasteiger charge is -2.38. The number of nitrogens with zero attached hydrogens (tertiary/aromatic N) is 2. The maximum atomic E-state index is 12.6. The number of para-hydroxylation sites is 2. The van der Waals surface area contributed by atoms with Gasteiger partial charge in [-0.3, -0.25) is 14.5 Å². The first-order chi connectivity index (χ1) is 13.0. The molecule has 1 aliphatic heterocycles. The van der Waals surface area contributed by atoms with E-state index in [2.05, 4.69) is 15.1 Å². The van der Waals surface area contributed by atoms with Gasteiger partial charge in [-0.05, 0) is 50.2 Å². The first-order valence-corrected chi connectivity index (χ1v) is 9.14. The number of hydrogen-bond acceptors (Lipinski definition) is 5. The minimum Gasteiger partial charge on any atom is -0.506 e. The number of hydrogen-bond donors (Lipinski definition) is 2. The number of amides is 1. The van der Waals surface area contributed by atoms with Gasteiger partial charge >= 0.3 is 0 Å². The molecule has 1 saturated heterocycles. The third kappa shape index (κ3) is 4.46. The van der Waals surface area contributed by atoms with Gasteiger partial charge in [-0.25, -0.2) is 0 Å². The fourth-order valence-electron chi connectivity index (χ4n) is 3.28. The quantitative estimate of drug-likeness (QED) is 0.795. The molecule has 6 heteroatoms. The van der Waals surface area contributed by atoms with Crippen LogP contribution in [-0.2, 0) is 4.79 Å². The van der Waals surface area contributed by atoms with E-state index >= 15 is 0 Å². The van der Waals surface area contributed by atoms with Crippen LogP contribution >= 0.6 is 0 Å². The molecule has 0 aromatic heterocycles. The highest BCUT2D eigenvalue weighted by Gasteiger charge is 2.26. The van der Waals surface area contributed by atoms with E-state index in [1.807, 2.05) is 25.1 Å². The molecule has 6 nitrogen and oxygen atoms in total. The number of nitrogens with one attached hydrogen (secondary N) is 1. The summed E-state index contributed by atoms with van der Waals surface area (Å²) in [5, 5.41) is 12.9. The van der Waals surface area contributed by atoms with Crippen LogP contribution in [0.3, 0.4) is 0 Å². The van der Waals surface area contributed by atoms with Gasteiger partial charge in [0, 0.05) is 37.4 Å². The summed E-state index contributed by atoms with van der Waals surface area (Å²) in [4.78, 5) is 28.2. The van der Waals surface area contributed by atoms with Gasteiger partial charge in [-0.2, -0.15) is 0 Å². The number of Topliss-reactive ketones (excluding diaryl/α,β-unsaturated/α-hetero) is 1. The van der Waals surface area contributed by atoms with Crippen molar-refractivity contribution in [3.8, 4) is 5.75 Å². The van der Waals surface area contributed by atoms with Gasteiger partial charge < -0.3 is 15.3 Å².